The normalized spacial score (nSPS) is 9.83. The molecule has 0 fully saturated rings. The van der Waals surface area contributed by atoms with Crippen LogP contribution in [0.3, 0.4) is 0 Å². The van der Waals surface area contributed by atoms with Crippen LogP contribution in [-0.4, -0.2) is 32.9 Å². The summed E-state index contributed by atoms with van der Waals surface area (Å²) in [5.41, 5.74) is 5.14. The molecular formula is C3H6N4O4S. The molecule has 0 unspecified atom stereocenters. The molecule has 0 radical (unpaired) electrons. The zero-order chi connectivity index (χ0) is 9.61. The zero-order valence-corrected chi connectivity index (χ0v) is 6.51. The molecule has 0 saturated heterocycles. The third-order valence-corrected chi connectivity index (χ3v) is 0.524. The number of nitrogens with zero attached hydrogens (tertiary/aromatic N) is 3. The van der Waals surface area contributed by atoms with Gasteiger partial charge in [-0.2, -0.15) is 8.42 Å². The van der Waals surface area contributed by atoms with Gasteiger partial charge in [-0.3, -0.25) is 9.11 Å². The number of hydrogen-bond acceptors (Lipinski definition) is 6. The van der Waals surface area contributed by atoms with Gasteiger partial charge in [0.15, 0.2) is 0 Å². The molecule has 4 N–H and O–H groups in total. The van der Waals surface area contributed by atoms with Gasteiger partial charge < -0.3 is 5.73 Å². The summed E-state index contributed by atoms with van der Waals surface area (Å²) in [4.78, 5) is 0. The van der Waals surface area contributed by atoms with Crippen molar-refractivity contribution < 1.29 is 17.5 Å². The summed E-state index contributed by atoms with van der Waals surface area (Å²) in [5.74, 6) is 0.398. The lowest BCUT2D eigenvalue weighted by atomic mass is 10.6. The van der Waals surface area contributed by atoms with E-state index in [0.717, 1.165) is 0 Å². The number of anilines is 1. The van der Waals surface area contributed by atoms with Crippen LogP contribution in [0.2, 0.25) is 0 Å². The van der Waals surface area contributed by atoms with E-state index < -0.39 is 10.4 Å². The number of nitrogens with two attached hydrogens (primary N) is 1. The first kappa shape index (κ1) is 10.7. The predicted octanol–water partition coefficient (Wildman–Crippen LogP) is -1.20. The van der Waals surface area contributed by atoms with Crippen molar-refractivity contribution in [2.45, 2.75) is 0 Å². The van der Waals surface area contributed by atoms with Gasteiger partial charge in [-0.05, 0) is 5.21 Å². The maximum atomic E-state index is 8.74. The van der Waals surface area contributed by atoms with E-state index in [4.69, 9.17) is 23.3 Å². The highest BCUT2D eigenvalue weighted by Gasteiger charge is 1.84. The van der Waals surface area contributed by atoms with Gasteiger partial charge in [-0.25, -0.2) is 0 Å². The molecule has 12 heavy (non-hydrogen) atoms. The minimum absolute atomic E-state index is 0.398. The molecule has 9 heteroatoms. The Kier molecular flexibility index (Phi) is 4.04. The second-order valence-electron chi connectivity index (χ2n) is 1.49. The summed E-state index contributed by atoms with van der Waals surface area (Å²) < 4.78 is 31.6. The lowest BCUT2D eigenvalue weighted by Gasteiger charge is -1.80. The van der Waals surface area contributed by atoms with Crippen LogP contribution in [0, 0.1) is 0 Å². The summed E-state index contributed by atoms with van der Waals surface area (Å²) in [6.07, 6.45) is 1.49. The fraction of sp³-hybridized carbons (Fsp3) is 0. The van der Waals surface area contributed by atoms with Crippen LogP contribution in [0.1, 0.15) is 0 Å². The Balaban J connectivity index is 0.000000217. The Labute approximate surface area is 68.0 Å². The molecule has 0 aromatic carbocycles. The molecule has 0 aliphatic heterocycles. The van der Waals surface area contributed by atoms with Crippen molar-refractivity contribution in [2.75, 3.05) is 5.73 Å². The topological polar surface area (TPSA) is 139 Å². The second kappa shape index (κ2) is 4.54. The van der Waals surface area contributed by atoms with E-state index in [1.54, 1.807) is 6.07 Å². The average Bonchev–Trinajstić information content (AvgIpc) is 1.85. The maximum Gasteiger partial charge on any atom is 0.394 e. The van der Waals surface area contributed by atoms with Gasteiger partial charge in [0, 0.05) is 6.07 Å². The van der Waals surface area contributed by atoms with Crippen molar-refractivity contribution in [2.24, 2.45) is 0 Å². The Morgan fingerprint density at radius 3 is 2.08 bits per heavy atom. The van der Waals surface area contributed by atoms with Gasteiger partial charge in [0.1, 0.15) is 5.82 Å². The minimum atomic E-state index is -4.67. The van der Waals surface area contributed by atoms with Crippen LogP contribution in [-0.2, 0) is 10.4 Å². The quantitative estimate of drug-likeness (QED) is 0.437. The van der Waals surface area contributed by atoms with Crippen molar-refractivity contribution in [3.63, 3.8) is 0 Å². The molecule has 1 aromatic heterocycles. The first-order valence-corrected chi connectivity index (χ1v) is 3.89. The van der Waals surface area contributed by atoms with E-state index >= 15 is 0 Å². The minimum Gasteiger partial charge on any atom is -0.382 e. The van der Waals surface area contributed by atoms with E-state index in [1.807, 2.05) is 0 Å². The van der Waals surface area contributed by atoms with E-state index in [9.17, 15) is 0 Å². The molecule has 0 bridgehead atoms. The predicted molar refractivity (Wildman–Crippen MR) is 38.4 cm³/mol. The van der Waals surface area contributed by atoms with Crippen LogP contribution in [0.15, 0.2) is 12.3 Å². The van der Waals surface area contributed by atoms with Gasteiger partial charge in [-0.15, -0.1) is 10.2 Å². The summed E-state index contributed by atoms with van der Waals surface area (Å²) in [7, 11) is -4.67. The van der Waals surface area contributed by atoms with Crippen molar-refractivity contribution in [1.29, 1.82) is 0 Å². The van der Waals surface area contributed by atoms with E-state index in [1.165, 1.54) is 6.20 Å². The highest BCUT2D eigenvalue weighted by Crippen LogP contribution is 1.83. The highest BCUT2D eigenvalue weighted by atomic mass is 32.3. The molecule has 0 atom stereocenters. The molecule has 8 nitrogen and oxygen atoms in total. The van der Waals surface area contributed by atoms with Crippen molar-refractivity contribution in [3.05, 3.63) is 12.3 Å². The van der Waals surface area contributed by atoms with Crippen molar-refractivity contribution in [3.8, 4) is 0 Å². The molecule has 0 aliphatic carbocycles. The SMILES string of the molecule is Nc1ccnnn1.O=S(=O)(O)O. The third kappa shape index (κ3) is 11.5. The van der Waals surface area contributed by atoms with Crippen LogP contribution >= 0.6 is 0 Å². The average molecular weight is 194 g/mol. The Morgan fingerprint density at radius 1 is 1.42 bits per heavy atom. The van der Waals surface area contributed by atoms with Crippen LogP contribution < -0.4 is 5.73 Å². The van der Waals surface area contributed by atoms with Gasteiger partial charge in [0.05, 0.1) is 6.20 Å². The van der Waals surface area contributed by atoms with Gasteiger partial charge >= 0.3 is 10.4 Å². The van der Waals surface area contributed by atoms with Crippen LogP contribution in [0.25, 0.3) is 0 Å². The second-order valence-corrected chi connectivity index (χ2v) is 2.39. The van der Waals surface area contributed by atoms with Gasteiger partial charge in [0.2, 0.25) is 0 Å². The number of hydrogen-bond donors (Lipinski definition) is 3. The Morgan fingerprint density at radius 2 is 1.92 bits per heavy atom. The molecule has 0 aliphatic rings. The Bertz CT molecular complexity index is 302. The fourth-order valence-corrected chi connectivity index (χ4v) is 0.250. The number of nitrogen functional groups attached to an aromatic ring is 1. The monoisotopic (exact) mass is 194 g/mol. The molecule has 1 rings (SSSR count). The lowest BCUT2D eigenvalue weighted by Crippen LogP contribution is -1.91. The first-order chi connectivity index (χ1) is 5.39. The first-order valence-electron chi connectivity index (χ1n) is 2.49. The standard InChI is InChI=1S/C3H4N4.H2O4S/c4-3-1-2-5-7-6-3;1-5(2,3)4/h1-2H,(H2,4,5,6);(H2,1,2,3,4). The molecule has 0 spiro atoms. The summed E-state index contributed by atoms with van der Waals surface area (Å²) in [6, 6.07) is 1.58. The molecule has 0 saturated carbocycles. The summed E-state index contributed by atoms with van der Waals surface area (Å²) >= 11 is 0. The van der Waals surface area contributed by atoms with Crippen molar-refractivity contribution >= 4 is 16.2 Å². The van der Waals surface area contributed by atoms with Crippen LogP contribution in [0.5, 0.6) is 0 Å². The highest BCUT2D eigenvalue weighted by molar-refractivity contribution is 7.79. The van der Waals surface area contributed by atoms with E-state index in [2.05, 4.69) is 15.4 Å². The van der Waals surface area contributed by atoms with Gasteiger partial charge in [-0.1, -0.05) is 0 Å². The molecule has 68 valence electrons. The Hall–Kier alpha value is -1.32. The van der Waals surface area contributed by atoms with Crippen LogP contribution in [0.4, 0.5) is 5.82 Å². The molecule has 1 aromatic rings. The number of rotatable bonds is 0. The molecule has 1 heterocycles. The smallest absolute Gasteiger partial charge is 0.382 e. The maximum absolute atomic E-state index is 8.74. The van der Waals surface area contributed by atoms with Gasteiger partial charge in [0.25, 0.3) is 0 Å². The molecular weight excluding hydrogens is 188 g/mol. The lowest BCUT2D eigenvalue weighted by molar-refractivity contribution is 0.381. The third-order valence-electron chi connectivity index (χ3n) is 0.524. The summed E-state index contributed by atoms with van der Waals surface area (Å²) in [6.45, 7) is 0. The number of aromatic nitrogens is 3. The largest absolute Gasteiger partial charge is 0.394 e. The molecule has 0 amide bonds. The van der Waals surface area contributed by atoms with Crippen molar-refractivity contribution in [1.82, 2.24) is 15.4 Å². The fourth-order valence-electron chi connectivity index (χ4n) is 0.250. The van der Waals surface area contributed by atoms with E-state index in [-0.39, 0.29) is 0 Å². The van der Waals surface area contributed by atoms with E-state index in [0.29, 0.717) is 5.82 Å². The summed E-state index contributed by atoms with van der Waals surface area (Å²) in [5, 5.41) is 10.1. The zero-order valence-electron chi connectivity index (χ0n) is 5.69.